The highest BCUT2D eigenvalue weighted by atomic mass is 35.5. The third kappa shape index (κ3) is 7.48. The van der Waals surface area contributed by atoms with Crippen molar-refractivity contribution in [1.29, 1.82) is 0 Å². The predicted octanol–water partition coefficient (Wildman–Crippen LogP) is 4.93. The van der Waals surface area contributed by atoms with Gasteiger partial charge in [-0.15, -0.1) is 0 Å². The Labute approximate surface area is 251 Å². The zero-order valence-electron chi connectivity index (χ0n) is 23.3. The first-order valence-corrected chi connectivity index (χ1v) is 15.1. The lowest BCUT2D eigenvalue weighted by molar-refractivity contribution is -0.139. The summed E-state index contributed by atoms with van der Waals surface area (Å²) < 4.78 is 34.2. The van der Waals surface area contributed by atoms with Crippen molar-refractivity contribution in [3.63, 3.8) is 0 Å². The number of ether oxygens (including phenoxy) is 1. The zero-order chi connectivity index (χ0) is 30.1. The van der Waals surface area contributed by atoms with Gasteiger partial charge in [0.15, 0.2) is 0 Å². The predicted molar refractivity (Wildman–Crippen MR) is 164 cm³/mol. The highest BCUT2D eigenvalue weighted by Gasteiger charge is 2.34. The van der Waals surface area contributed by atoms with Crippen molar-refractivity contribution >= 4 is 39.1 Å². The molecule has 4 aromatic rings. The standard InChI is InChI=1S/C32H32ClN3O5S/c1-34-32(38)30(20-24-10-5-3-6-11-24)35(22-25-12-7-4-8-13-25)31(37)23-36(27-15-9-14-26(33)21-27)42(39,40)29-18-16-28(41-2)17-19-29/h3-19,21,30H,20,22-23H2,1-2H3,(H,34,38). The lowest BCUT2D eigenvalue weighted by Gasteiger charge is -2.33. The third-order valence-electron chi connectivity index (χ3n) is 6.74. The molecule has 2 amide bonds. The van der Waals surface area contributed by atoms with Gasteiger partial charge in [0.2, 0.25) is 11.8 Å². The molecule has 10 heteroatoms. The number of hydrogen-bond donors (Lipinski definition) is 1. The first-order valence-electron chi connectivity index (χ1n) is 13.2. The van der Waals surface area contributed by atoms with Gasteiger partial charge in [0.05, 0.1) is 17.7 Å². The van der Waals surface area contributed by atoms with Crippen LogP contribution in [-0.4, -0.2) is 51.9 Å². The number of rotatable bonds is 12. The maximum absolute atomic E-state index is 14.2. The Balaban J connectivity index is 1.77. The van der Waals surface area contributed by atoms with Gasteiger partial charge in [-0.2, -0.15) is 0 Å². The van der Waals surface area contributed by atoms with E-state index in [1.54, 1.807) is 18.2 Å². The highest BCUT2D eigenvalue weighted by molar-refractivity contribution is 7.92. The Kier molecular flexibility index (Phi) is 10.2. The Hall–Kier alpha value is -4.34. The normalized spacial score (nSPS) is 11.8. The minimum Gasteiger partial charge on any atom is -0.497 e. The van der Waals surface area contributed by atoms with Crippen LogP contribution in [0.4, 0.5) is 5.69 Å². The number of carbonyl (C=O) groups excluding carboxylic acids is 2. The summed E-state index contributed by atoms with van der Waals surface area (Å²) in [5, 5.41) is 2.98. The number of hydrogen-bond acceptors (Lipinski definition) is 5. The molecule has 0 fully saturated rings. The first-order chi connectivity index (χ1) is 20.2. The van der Waals surface area contributed by atoms with Crippen LogP contribution in [0.3, 0.4) is 0 Å². The van der Waals surface area contributed by atoms with E-state index in [-0.39, 0.29) is 29.5 Å². The monoisotopic (exact) mass is 605 g/mol. The summed E-state index contributed by atoms with van der Waals surface area (Å²) in [5.74, 6) is -0.432. The largest absolute Gasteiger partial charge is 0.497 e. The molecule has 0 bridgehead atoms. The molecule has 0 saturated heterocycles. The maximum Gasteiger partial charge on any atom is 0.264 e. The maximum atomic E-state index is 14.2. The van der Waals surface area contributed by atoms with Gasteiger partial charge < -0.3 is 15.0 Å². The number of anilines is 1. The van der Waals surface area contributed by atoms with E-state index < -0.39 is 28.5 Å². The molecule has 0 radical (unpaired) electrons. The molecular weight excluding hydrogens is 574 g/mol. The lowest BCUT2D eigenvalue weighted by atomic mass is 10.0. The number of sulfonamides is 1. The summed E-state index contributed by atoms with van der Waals surface area (Å²) in [7, 11) is -1.24. The number of carbonyl (C=O) groups is 2. The van der Waals surface area contributed by atoms with E-state index in [0.717, 1.165) is 15.4 Å². The van der Waals surface area contributed by atoms with Gasteiger partial charge in [0.25, 0.3) is 10.0 Å². The van der Waals surface area contributed by atoms with Crippen LogP contribution in [0, 0.1) is 0 Å². The van der Waals surface area contributed by atoms with Crippen molar-refractivity contribution in [3.05, 3.63) is 125 Å². The Morgan fingerprint density at radius 3 is 2.05 bits per heavy atom. The molecule has 1 unspecified atom stereocenters. The molecule has 1 N–H and O–H groups in total. The minimum absolute atomic E-state index is 0.0298. The molecule has 0 aliphatic heterocycles. The number of benzene rings is 4. The van der Waals surface area contributed by atoms with Crippen molar-refractivity contribution in [2.24, 2.45) is 0 Å². The van der Waals surface area contributed by atoms with Crippen molar-refractivity contribution in [3.8, 4) is 5.75 Å². The molecule has 0 spiro atoms. The van der Waals surface area contributed by atoms with Crippen LogP contribution < -0.4 is 14.4 Å². The van der Waals surface area contributed by atoms with E-state index in [2.05, 4.69) is 5.32 Å². The third-order valence-corrected chi connectivity index (χ3v) is 8.76. The van der Waals surface area contributed by atoms with Crippen molar-refractivity contribution in [2.45, 2.75) is 23.9 Å². The second-order valence-electron chi connectivity index (χ2n) is 9.49. The number of nitrogens with zero attached hydrogens (tertiary/aromatic N) is 2. The van der Waals surface area contributed by atoms with Gasteiger partial charge in [0.1, 0.15) is 18.3 Å². The first kappa shape index (κ1) is 30.6. The second kappa shape index (κ2) is 14.0. The quantitative estimate of drug-likeness (QED) is 0.247. The van der Waals surface area contributed by atoms with E-state index in [9.17, 15) is 18.0 Å². The molecule has 1 atom stereocenters. The number of likely N-dealkylation sites (N-methyl/N-ethyl adjacent to an activating group) is 1. The molecule has 4 aromatic carbocycles. The van der Waals surface area contributed by atoms with Crippen molar-refractivity contribution < 1.29 is 22.7 Å². The number of amides is 2. The van der Waals surface area contributed by atoms with E-state index >= 15 is 0 Å². The molecule has 0 saturated carbocycles. The van der Waals surface area contributed by atoms with E-state index in [0.29, 0.717) is 10.8 Å². The topological polar surface area (TPSA) is 96.0 Å². The van der Waals surface area contributed by atoms with E-state index in [1.807, 2.05) is 60.7 Å². The fourth-order valence-electron chi connectivity index (χ4n) is 4.54. The zero-order valence-corrected chi connectivity index (χ0v) is 24.9. The fraction of sp³-hybridized carbons (Fsp3) is 0.188. The Bertz CT molecular complexity index is 1600. The summed E-state index contributed by atoms with van der Waals surface area (Å²) in [5.41, 5.74) is 1.86. The number of halogens is 1. The van der Waals surface area contributed by atoms with Gasteiger partial charge in [-0.25, -0.2) is 8.42 Å². The average molecular weight is 606 g/mol. The summed E-state index contributed by atoms with van der Waals surface area (Å²) in [4.78, 5) is 28.9. The summed E-state index contributed by atoms with van der Waals surface area (Å²) in [6.45, 7) is -0.472. The fourth-order valence-corrected chi connectivity index (χ4v) is 6.13. The highest BCUT2D eigenvalue weighted by Crippen LogP contribution is 2.28. The summed E-state index contributed by atoms with van der Waals surface area (Å²) >= 11 is 6.25. The molecule has 8 nitrogen and oxygen atoms in total. The Morgan fingerprint density at radius 1 is 0.857 bits per heavy atom. The minimum atomic E-state index is -4.24. The summed E-state index contributed by atoms with van der Waals surface area (Å²) in [6, 6.07) is 29.9. The van der Waals surface area contributed by atoms with Crippen LogP contribution in [0.1, 0.15) is 11.1 Å². The van der Waals surface area contributed by atoms with Crippen LogP contribution in [0.5, 0.6) is 5.75 Å². The van der Waals surface area contributed by atoms with Crippen LogP contribution in [0.2, 0.25) is 5.02 Å². The molecule has 4 rings (SSSR count). The number of methoxy groups -OCH3 is 1. The summed E-state index contributed by atoms with van der Waals surface area (Å²) in [6.07, 6.45) is 0.238. The lowest BCUT2D eigenvalue weighted by Crippen LogP contribution is -2.53. The second-order valence-corrected chi connectivity index (χ2v) is 11.8. The van der Waals surface area contributed by atoms with Gasteiger partial charge >= 0.3 is 0 Å². The molecular formula is C32H32ClN3O5S. The molecule has 0 aromatic heterocycles. The van der Waals surface area contributed by atoms with Gasteiger partial charge in [-0.05, 0) is 53.6 Å². The molecule has 218 valence electrons. The van der Waals surface area contributed by atoms with Crippen LogP contribution in [-0.2, 0) is 32.6 Å². The van der Waals surface area contributed by atoms with Crippen LogP contribution >= 0.6 is 11.6 Å². The SMILES string of the molecule is CNC(=O)C(Cc1ccccc1)N(Cc1ccccc1)C(=O)CN(c1cccc(Cl)c1)S(=O)(=O)c1ccc(OC)cc1. The van der Waals surface area contributed by atoms with Crippen molar-refractivity contribution in [2.75, 3.05) is 25.0 Å². The van der Waals surface area contributed by atoms with E-state index in [4.69, 9.17) is 16.3 Å². The Morgan fingerprint density at radius 2 is 1.48 bits per heavy atom. The van der Waals surface area contributed by atoms with Crippen LogP contribution in [0.25, 0.3) is 0 Å². The van der Waals surface area contributed by atoms with Crippen LogP contribution in [0.15, 0.2) is 114 Å². The van der Waals surface area contributed by atoms with Gasteiger partial charge in [0, 0.05) is 25.0 Å². The molecule has 0 aliphatic rings. The number of nitrogens with one attached hydrogen (secondary N) is 1. The van der Waals surface area contributed by atoms with E-state index in [1.165, 1.54) is 49.4 Å². The molecule has 0 heterocycles. The van der Waals surface area contributed by atoms with Gasteiger partial charge in [-0.3, -0.25) is 13.9 Å². The molecule has 0 aliphatic carbocycles. The van der Waals surface area contributed by atoms with Crippen molar-refractivity contribution in [1.82, 2.24) is 10.2 Å². The molecule has 42 heavy (non-hydrogen) atoms. The average Bonchev–Trinajstić information content (AvgIpc) is 3.02. The smallest absolute Gasteiger partial charge is 0.264 e. The van der Waals surface area contributed by atoms with Gasteiger partial charge in [-0.1, -0.05) is 78.3 Å².